The van der Waals surface area contributed by atoms with E-state index in [4.69, 9.17) is 10.5 Å². The third-order valence-electron chi connectivity index (χ3n) is 1.57. The molecule has 0 radical (unpaired) electrons. The van der Waals surface area contributed by atoms with Gasteiger partial charge in [0.2, 0.25) is 0 Å². The van der Waals surface area contributed by atoms with Crippen molar-refractivity contribution < 1.29 is 4.74 Å². The van der Waals surface area contributed by atoms with E-state index in [0.717, 1.165) is 11.5 Å². The highest BCUT2D eigenvalue weighted by atomic mass is 32.2. The first kappa shape index (κ1) is 5.41. The molecule has 2 atom stereocenters. The first-order valence-electron chi connectivity index (χ1n) is 2.94. The van der Waals surface area contributed by atoms with Crippen LogP contribution in [0, 0.1) is 0 Å². The molecule has 2 aliphatic rings. The molecule has 0 aromatic heterocycles. The molecule has 0 aromatic rings. The first-order chi connectivity index (χ1) is 4.36. The second-order valence-corrected chi connectivity index (χ2v) is 3.30. The monoisotopic (exact) mass is 144 g/mol. The molecule has 2 heterocycles. The number of aliphatic imine (C=N–C) groups is 1. The molecule has 0 amide bonds. The molecule has 9 heavy (non-hydrogen) atoms. The highest BCUT2D eigenvalue weighted by Gasteiger charge is 2.34. The van der Waals surface area contributed by atoms with Gasteiger partial charge in [-0.15, -0.1) is 0 Å². The van der Waals surface area contributed by atoms with Crippen LogP contribution in [0.15, 0.2) is 4.99 Å². The van der Waals surface area contributed by atoms with Crippen molar-refractivity contribution in [2.45, 2.75) is 12.1 Å². The van der Waals surface area contributed by atoms with E-state index < -0.39 is 0 Å². The van der Waals surface area contributed by atoms with Gasteiger partial charge in [0, 0.05) is 11.5 Å². The highest BCUT2D eigenvalue weighted by molar-refractivity contribution is 7.99. The minimum Gasteiger partial charge on any atom is -0.459 e. The summed E-state index contributed by atoms with van der Waals surface area (Å²) in [6.07, 6.45) is 0.287. The van der Waals surface area contributed by atoms with E-state index in [2.05, 4.69) is 4.99 Å². The van der Waals surface area contributed by atoms with Crippen molar-refractivity contribution in [3.63, 3.8) is 0 Å². The summed E-state index contributed by atoms with van der Waals surface area (Å²) in [5, 5.41) is 0. The zero-order valence-electron chi connectivity index (χ0n) is 4.91. The van der Waals surface area contributed by atoms with Crippen LogP contribution in [0.3, 0.4) is 0 Å². The molecule has 0 saturated carbocycles. The van der Waals surface area contributed by atoms with E-state index >= 15 is 0 Å². The molecular formula is C5H8N2OS. The Labute approximate surface area is 57.7 Å². The average Bonchev–Trinajstić information content (AvgIpc) is 2.22. The minimum atomic E-state index is 0.287. The second-order valence-electron chi connectivity index (χ2n) is 2.23. The lowest BCUT2D eigenvalue weighted by atomic mass is 10.2. The molecule has 50 valence electrons. The molecular weight excluding hydrogens is 136 g/mol. The zero-order chi connectivity index (χ0) is 6.27. The van der Waals surface area contributed by atoms with Crippen LogP contribution in [-0.2, 0) is 4.74 Å². The van der Waals surface area contributed by atoms with Crippen LogP contribution in [0.2, 0.25) is 0 Å². The lowest BCUT2D eigenvalue weighted by molar-refractivity contribution is 0.228. The maximum absolute atomic E-state index is 5.34. The van der Waals surface area contributed by atoms with Crippen LogP contribution >= 0.6 is 11.8 Å². The van der Waals surface area contributed by atoms with Crippen molar-refractivity contribution in [3.05, 3.63) is 0 Å². The third kappa shape index (κ3) is 0.775. The number of hydrogen-bond donors (Lipinski definition) is 1. The minimum absolute atomic E-state index is 0.287. The van der Waals surface area contributed by atoms with E-state index in [1.165, 1.54) is 0 Å². The maximum Gasteiger partial charge on any atom is 0.282 e. The van der Waals surface area contributed by atoms with Crippen molar-refractivity contribution >= 4 is 17.8 Å². The van der Waals surface area contributed by atoms with Gasteiger partial charge in [-0.1, -0.05) is 0 Å². The smallest absolute Gasteiger partial charge is 0.282 e. The molecule has 2 N–H and O–H groups in total. The summed E-state index contributed by atoms with van der Waals surface area (Å²) in [6.45, 7) is 0. The summed E-state index contributed by atoms with van der Waals surface area (Å²) in [7, 11) is 0. The van der Waals surface area contributed by atoms with Gasteiger partial charge in [0.15, 0.2) is 0 Å². The summed E-state index contributed by atoms with van der Waals surface area (Å²) in [6, 6.07) is 0.736. The summed E-state index contributed by atoms with van der Waals surface area (Å²) in [4.78, 5) is 4.10. The van der Waals surface area contributed by atoms with Crippen molar-refractivity contribution in [1.82, 2.24) is 0 Å². The van der Waals surface area contributed by atoms with E-state index in [-0.39, 0.29) is 6.10 Å². The Morgan fingerprint density at radius 2 is 2.56 bits per heavy atom. The lowest BCUT2D eigenvalue weighted by Crippen LogP contribution is -2.21. The lowest BCUT2D eigenvalue weighted by Gasteiger charge is -2.03. The fraction of sp³-hybridized carbons (Fsp3) is 0.800. The third-order valence-corrected chi connectivity index (χ3v) is 2.71. The Hall–Kier alpha value is -0.380. The maximum atomic E-state index is 5.34. The van der Waals surface area contributed by atoms with Crippen LogP contribution in [0.25, 0.3) is 0 Å². The van der Waals surface area contributed by atoms with Gasteiger partial charge in [-0.25, -0.2) is 4.99 Å². The molecule has 1 fully saturated rings. The van der Waals surface area contributed by atoms with Gasteiger partial charge in [0.05, 0.1) is 0 Å². The number of amidine groups is 1. The van der Waals surface area contributed by atoms with Gasteiger partial charge >= 0.3 is 0 Å². The molecule has 2 rings (SSSR count). The Bertz CT molecular complexity index is 159. The predicted octanol–water partition coefficient (Wildman–Crippen LogP) is -0.185. The van der Waals surface area contributed by atoms with Gasteiger partial charge in [0.1, 0.15) is 12.1 Å². The fourth-order valence-electron chi connectivity index (χ4n) is 1.11. The molecule has 1 saturated heterocycles. The Kier molecular flexibility index (Phi) is 1.08. The van der Waals surface area contributed by atoms with Crippen LogP contribution < -0.4 is 5.73 Å². The van der Waals surface area contributed by atoms with E-state index in [9.17, 15) is 0 Å². The molecule has 2 aliphatic heterocycles. The van der Waals surface area contributed by atoms with E-state index in [1.54, 1.807) is 0 Å². The Morgan fingerprint density at radius 1 is 1.67 bits per heavy atom. The Morgan fingerprint density at radius 3 is 3.33 bits per heavy atom. The van der Waals surface area contributed by atoms with Crippen LogP contribution in [0.5, 0.6) is 0 Å². The number of fused-ring (bicyclic) bond motifs is 1. The zero-order valence-corrected chi connectivity index (χ0v) is 5.73. The molecule has 3 nitrogen and oxygen atoms in total. The number of rotatable bonds is 0. The van der Waals surface area contributed by atoms with Crippen molar-refractivity contribution in [1.29, 1.82) is 0 Å². The second kappa shape index (κ2) is 1.80. The standard InChI is InChI=1S/C5H8N2OS/c6-5-7-3-1-9-2-4(3)8-5/h3-4H,1-2H2,(H2,6,7)/t3-,4+/m1/s1. The summed E-state index contributed by atoms with van der Waals surface area (Å²) >= 11 is 1.88. The molecule has 4 heteroatoms. The summed E-state index contributed by atoms with van der Waals surface area (Å²) in [5.41, 5.74) is 5.34. The van der Waals surface area contributed by atoms with Crippen molar-refractivity contribution in [2.24, 2.45) is 10.7 Å². The number of ether oxygens (including phenoxy) is 1. The van der Waals surface area contributed by atoms with Gasteiger partial charge in [-0.05, 0) is 0 Å². The summed E-state index contributed by atoms with van der Waals surface area (Å²) in [5.74, 6) is 2.13. The quantitative estimate of drug-likeness (QED) is 0.513. The molecule has 0 aliphatic carbocycles. The van der Waals surface area contributed by atoms with Crippen molar-refractivity contribution in [2.75, 3.05) is 11.5 Å². The van der Waals surface area contributed by atoms with Crippen molar-refractivity contribution in [3.8, 4) is 0 Å². The fourth-order valence-corrected chi connectivity index (χ4v) is 2.29. The normalized spacial score (nSPS) is 39.8. The predicted molar refractivity (Wildman–Crippen MR) is 37.6 cm³/mol. The largest absolute Gasteiger partial charge is 0.459 e. The molecule has 0 spiro atoms. The van der Waals surface area contributed by atoms with Crippen LogP contribution in [0.4, 0.5) is 0 Å². The number of nitrogens with two attached hydrogens (primary N) is 1. The highest BCUT2D eigenvalue weighted by Crippen LogP contribution is 2.26. The average molecular weight is 144 g/mol. The van der Waals surface area contributed by atoms with Crippen LogP contribution in [0.1, 0.15) is 0 Å². The Balaban J connectivity index is 2.13. The van der Waals surface area contributed by atoms with Gasteiger partial charge in [-0.3, -0.25) is 0 Å². The van der Waals surface area contributed by atoms with Gasteiger partial charge < -0.3 is 10.5 Å². The van der Waals surface area contributed by atoms with Gasteiger partial charge in [0.25, 0.3) is 6.02 Å². The SMILES string of the molecule is NC1=N[C@@H]2CSC[C@@H]2O1. The van der Waals surface area contributed by atoms with Crippen LogP contribution in [-0.4, -0.2) is 29.7 Å². The molecule has 0 bridgehead atoms. The number of nitrogens with zero attached hydrogens (tertiary/aromatic N) is 1. The topological polar surface area (TPSA) is 47.6 Å². The molecule has 0 aromatic carbocycles. The van der Waals surface area contributed by atoms with E-state index in [0.29, 0.717) is 12.1 Å². The molecule has 0 unspecified atom stereocenters. The number of thioether (sulfide) groups is 1. The van der Waals surface area contributed by atoms with E-state index in [1.807, 2.05) is 11.8 Å². The first-order valence-corrected chi connectivity index (χ1v) is 4.09. The number of hydrogen-bond acceptors (Lipinski definition) is 4. The summed E-state index contributed by atoms with van der Waals surface area (Å²) < 4.78 is 5.19. The van der Waals surface area contributed by atoms with Gasteiger partial charge in [-0.2, -0.15) is 11.8 Å².